The molecular formula is C16H17N5O2. The van der Waals surface area contributed by atoms with Gasteiger partial charge >= 0.3 is 0 Å². The highest BCUT2D eigenvalue weighted by molar-refractivity contribution is 6.06. The Balaban J connectivity index is 2.35. The maximum absolute atomic E-state index is 11.1. The highest BCUT2D eigenvalue weighted by atomic mass is 16.7. The van der Waals surface area contributed by atoms with Crippen LogP contribution < -0.4 is 10.6 Å². The molecule has 7 nitrogen and oxygen atoms in total. The smallest absolute Gasteiger partial charge is 0.258 e. The lowest BCUT2D eigenvalue weighted by molar-refractivity contribution is -0.122. The molecule has 118 valence electrons. The normalized spacial score (nSPS) is 11.0. The van der Waals surface area contributed by atoms with Gasteiger partial charge in [0.2, 0.25) is 0 Å². The minimum Gasteiger partial charge on any atom is -0.402 e. The molecule has 0 fully saturated rings. The van der Waals surface area contributed by atoms with Crippen LogP contribution in [0.15, 0.2) is 29.3 Å². The third-order valence-corrected chi connectivity index (χ3v) is 3.46. The topological polar surface area (TPSA) is 95.4 Å². The SMILES string of the molecule is C=Nc1nc2ccccc2c2c1nc(CCC)n2OCC(N)=O. The molecule has 0 bridgehead atoms. The largest absolute Gasteiger partial charge is 0.402 e. The minimum atomic E-state index is -0.547. The molecule has 0 aliphatic rings. The van der Waals surface area contributed by atoms with Crippen molar-refractivity contribution in [2.45, 2.75) is 19.8 Å². The van der Waals surface area contributed by atoms with E-state index in [1.165, 1.54) is 0 Å². The van der Waals surface area contributed by atoms with E-state index in [4.69, 9.17) is 10.6 Å². The molecule has 0 spiro atoms. The molecule has 0 saturated carbocycles. The van der Waals surface area contributed by atoms with Gasteiger partial charge in [-0.1, -0.05) is 25.1 Å². The van der Waals surface area contributed by atoms with E-state index in [1.807, 2.05) is 31.2 Å². The van der Waals surface area contributed by atoms with Gasteiger partial charge in [0.25, 0.3) is 5.91 Å². The van der Waals surface area contributed by atoms with Gasteiger partial charge in [-0.25, -0.2) is 15.0 Å². The highest BCUT2D eigenvalue weighted by Gasteiger charge is 2.19. The molecule has 2 aromatic heterocycles. The second kappa shape index (κ2) is 6.04. The standard InChI is InChI=1S/C16H17N5O2/c1-3-6-13-20-14-15(21(13)23-9-12(17)22)10-7-4-5-8-11(10)19-16(14)18-2/h4-5,7-8H,2-3,6,9H2,1H3,(H2,17,22). The van der Waals surface area contributed by atoms with Crippen LogP contribution in [-0.4, -0.2) is 33.9 Å². The molecule has 0 aliphatic heterocycles. The fourth-order valence-corrected chi connectivity index (χ4v) is 2.54. The Hall–Kier alpha value is -2.96. The number of hydrogen-bond donors (Lipinski definition) is 1. The summed E-state index contributed by atoms with van der Waals surface area (Å²) in [6.07, 6.45) is 1.57. The van der Waals surface area contributed by atoms with E-state index in [0.717, 1.165) is 22.8 Å². The number of para-hydroxylation sites is 1. The summed E-state index contributed by atoms with van der Waals surface area (Å²) in [6, 6.07) is 7.62. The molecule has 0 radical (unpaired) electrons. The summed E-state index contributed by atoms with van der Waals surface area (Å²) in [7, 11) is 0. The number of rotatable bonds is 6. The van der Waals surface area contributed by atoms with Gasteiger partial charge in [0.15, 0.2) is 12.4 Å². The fraction of sp³-hybridized carbons (Fsp3) is 0.250. The van der Waals surface area contributed by atoms with Crippen LogP contribution in [0.25, 0.3) is 21.9 Å². The monoisotopic (exact) mass is 311 g/mol. The van der Waals surface area contributed by atoms with Crippen LogP contribution in [0.2, 0.25) is 0 Å². The van der Waals surface area contributed by atoms with Gasteiger partial charge in [-0.05, 0) is 19.2 Å². The molecular weight excluding hydrogens is 294 g/mol. The lowest BCUT2D eigenvalue weighted by Crippen LogP contribution is -2.26. The third kappa shape index (κ3) is 2.61. The van der Waals surface area contributed by atoms with E-state index in [-0.39, 0.29) is 6.61 Å². The van der Waals surface area contributed by atoms with Crippen LogP contribution in [0.5, 0.6) is 0 Å². The van der Waals surface area contributed by atoms with E-state index in [9.17, 15) is 4.79 Å². The zero-order valence-corrected chi connectivity index (χ0v) is 12.8. The summed E-state index contributed by atoms with van der Waals surface area (Å²) in [6.45, 7) is 5.39. The molecule has 0 unspecified atom stereocenters. The minimum absolute atomic E-state index is 0.227. The number of amides is 1. The van der Waals surface area contributed by atoms with Gasteiger partial charge in [-0.3, -0.25) is 4.79 Å². The molecule has 1 amide bonds. The molecule has 3 rings (SSSR count). The van der Waals surface area contributed by atoms with Gasteiger partial charge in [-0.15, -0.1) is 0 Å². The van der Waals surface area contributed by atoms with Crippen LogP contribution in [0.3, 0.4) is 0 Å². The Morgan fingerprint density at radius 3 is 2.87 bits per heavy atom. The molecule has 23 heavy (non-hydrogen) atoms. The average molecular weight is 311 g/mol. The quantitative estimate of drug-likeness (QED) is 0.702. The number of pyridine rings is 1. The Labute approximate surface area is 132 Å². The number of aryl methyl sites for hydroxylation is 1. The Kier molecular flexibility index (Phi) is 3.92. The molecule has 3 aromatic rings. The second-order valence-electron chi connectivity index (χ2n) is 5.12. The lowest BCUT2D eigenvalue weighted by atomic mass is 10.2. The zero-order chi connectivity index (χ0) is 16.4. The number of carbonyl (C=O) groups excluding carboxylic acids is 1. The van der Waals surface area contributed by atoms with Crippen molar-refractivity contribution in [3.05, 3.63) is 30.1 Å². The van der Waals surface area contributed by atoms with E-state index in [0.29, 0.717) is 23.6 Å². The molecule has 1 aromatic carbocycles. The molecule has 2 heterocycles. The summed E-state index contributed by atoms with van der Waals surface area (Å²) >= 11 is 0. The van der Waals surface area contributed by atoms with Crippen molar-refractivity contribution >= 4 is 40.4 Å². The van der Waals surface area contributed by atoms with Crippen LogP contribution >= 0.6 is 0 Å². The van der Waals surface area contributed by atoms with Gasteiger partial charge in [0.1, 0.15) is 16.9 Å². The fourth-order valence-electron chi connectivity index (χ4n) is 2.54. The molecule has 7 heteroatoms. The van der Waals surface area contributed by atoms with Crippen molar-refractivity contribution in [2.24, 2.45) is 10.7 Å². The van der Waals surface area contributed by atoms with Crippen LogP contribution in [-0.2, 0) is 11.2 Å². The number of nitrogens with two attached hydrogens (primary N) is 1. The van der Waals surface area contributed by atoms with Gasteiger partial charge < -0.3 is 10.6 Å². The first-order valence-corrected chi connectivity index (χ1v) is 7.34. The predicted octanol–water partition coefficient (Wildman–Crippen LogP) is 1.78. The predicted molar refractivity (Wildman–Crippen MR) is 88.9 cm³/mol. The zero-order valence-electron chi connectivity index (χ0n) is 12.8. The van der Waals surface area contributed by atoms with Crippen molar-refractivity contribution in [1.82, 2.24) is 14.7 Å². The van der Waals surface area contributed by atoms with E-state index >= 15 is 0 Å². The number of aromatic nitrogens is 3. The van der Waals surface area contributed by atoms with Crippen molar-refractivity contribution in [2.75, 3.05) is 6.61 Å². The first kappa shape index (κ1) is 15.0. The second-order valence-corrected chi connectivity index (χ2v) is 5.12. The van der Waals surface area contributed by atoms with E-state index in [2.05, 4.69) is 21.7 Å². The number of hydrogen-bond acceptors (Lipinski definition) is 5. The number of imidazole rings is 1. The van der Waals surface area contributed by atoms with Crippen LogP contribution in [0, 0.1) is 0 Å². The van der Waals surface area contributed by atoms with Gasteiger partial charge in [0, 0.05) is 11.8 Å². The van der Waals surface area contributed by atoms with E-state index in [1.54, 1.807) is 4.73 Å². The van der Waals surface area contributed by atoms with Crippen LogP contribution in [0.1, 0.15) is 19.2 Å². The number of primary amides is 1. The van der Waals surface area contributed by atoms with Crippen molar-refractivity contribution in [3.63, 3.8) is 0 Å². The van der Waals surface area contributed by atoms with Crippen molar-refractivity contribution < 1.29 is 9.63 Å². The highest BCUT2D eigenvalue weighted by Crippen LogP contribution is 2.31. The van der Waals surface area contributed by atoms with E-state index < -0.39 is 5.91 Å². The number of nitrogens with zero attached hydrogens (tertiary/aromatic N) is 4. The molecule has 0 saturated heterocycles. The summed E-state index contributed by atoms with van der Waals surface area (Å²) in [5.74, 6) is 0.596. The molecule has 2 N–H and O–H groups in total. The maximum Gasteiger partial charge on any atom is 0.258 e. The third-order valence-electron chi connectivity index (χ3n) is 3.46. The number of benzene rings is 1. The summed E-state index contributed by atoms with van der Waals surface area (Å²) < 4.78 is 1.57. The summed E-state index contributed by atoms with van der Waals surface area (Å²) in [5.41, 5.74) is 7.29. The Morgan fingerprint density at radius 1 is 1.39 bits per heavy atom. The Bertz CT molecular complexity index is 900. The van der Waals surface area contributed by atoms with Crippen molar-refractivity contribution in [1.29, 1.82) is 0 Å². The van der Waals surface area contributed by atoms with Gasteiger partial charge in [0.05, 0.1) is 5.52 Å². The first-order valence-electron chi connectivity index (χ1n) is 7.34. The summed E-state index contributed by atoms with van der Waals surface area (Å²) in [4.78, 5) is 29.8. The number of aliphatic imine (C=N–C) groups is 1. The average Bonchev–Trinajstić information content (AvgIpc) is 2.91. The summed E-state index contributed by atoms with van der Waals surface area (Å²) in [5, 5.41) is 0.870. The Morgan fingerprint density at radius 2 is 2.17 bits per heavy atom. The van der Waals surface area contributed by atoms with Gasteiger partial charge in [-0.2, -0.15) is 4.73 Å². The van der Waals surface area contributed by atoms with Crippen LogP contribution in [0.4, 0.5) is 5.82 Å². The molecule has 0 aliphatic carbocycles. The molecule has 0 atom stereocenters. The maximum atomic E-state index is 11.1. The number of fused-ring (bicyclic) bond motifs is 3. The lowest BCUT2D eigenvalue weighted by Gasteiger charge is -2.10. The first-order chi connectivity index (χ1) is 11.2. The number of carbonyl (C=O) groups is 1. The van der Waals surface area contributed by atoms with Crippen molar-refractivity contribution in [3.8, 4) is 0 Å².